The van der Waals surface area contributed by atoms with Gasteiger partial charge in [0.2, 0.25) is 29.5 Å². The predicted molar refractivity (Wildman–Crippen MR) is 452 cm³/mol. The molecule has 37 N–H and O–H groups in total. The Bertz CT molecular complexity index is 4110. The Morgan fingerprint density at radius 2 is 0.401 bits per heavy atom. The summed E-state index contributed by atoms with van der Waals surface area (Å²) in [6, 6.07) is -9.53. The molecule has 0 aromatic rings. The third-order valence-electron chi connectivity index (χ3n) is 27.1. The molecule has 147 heavy (non-hydrogen) atoms. The van der Waals surface area contributed by atoms with Gasteiger partial charge in [-0.05, 0) is 6.92 Å². The predicted octanol–water partition coefficient (Wildman–Crippen LogP) is -25.4. The van der Waals surface area contributed by atoms with Crippen LogP contribution in [0.15, 0.2) is 0 Å². The van der Waals surface area contributed by atoms with Gasteiger partial charge in [0.05, 0.1) is 78.8 Å². The number of hydrogen-bond donors (Lipinski definition) is 37. The van der Waals surface area contributed by atoms with E-state index in [0.717, 1.165) is 34.6 Å². The molecular weight excluding hydrogens is 2010 g/mol. The molecule has 12 rings (SSSR count). The van der Waals surface area contributed by atoms with Gasteiger partial charge in [-0.15, -0.1) is 0 Å². The number of hydrogen-bond acceptors (Lipinski definition) is 60. The van der Waals surface area contributed by atoms with Crippen LogP contribution in [0.25, 0.3) is 0 Å². The Balaban J connectivity index is 0.678. The van der Waals surface area contributed by atoms with Crippen LogP contribution in [0.3, 0.4) is 0 Å². The van der Waals surface area contributed by atoms with Crippen LogP contribution in [-0.4, -0.2) is 634 Å². The van der Waals surface area contributed by atoms with Crippen LogP contribution in [0.4, 0.5) is 0 Å². The maximum Gasteiger partial charge on any atom is 0.217 e. The van der Waals surface area contributed by atoms with E-state index in [1.807, 2.05) is 0 Å². The zero-order valence-electron chi connectivity index (χ0n) is 79.2. The number of amides is 5. The summed E-state index contributed by atoms with van der Waals surface area (Å²) in [6.45, 7) is -6.09. The van der Waals surface area contributed by atoms with Crippen LogP contribution >= 0.6 is 0 Å². The standard InChI is InChI=1S/C82H137N5O60/c1-18-40(103)52(115)56(119)77(126-18)147-70-55(118)42(105)25(8-89)132-82(70)142-65-33(16-97)136-75(38(51(65)114)86-22(5)101)145-68-46(109)28(11-92)131-81(60(68)123)141-64-32(15-96)137-76(39(50(64)113)87-23(6)102)146-69-54(117)43(106)34(127-71(69)124)17-125-72-35(83-19(2)98)47(110)61(29(12-93)133-72)139-79-58(121)66(44(107)26(9-90)129-79)144-74-37(85-21(4)100)49(112)63(31(14-95)135-74)140-80-59(122)67(45(108)27(10-91)130-80)143-73-36(84-20(3)99)48(111)62(30(13-94)134-73)138-78-57(120)53(116)41(104)24(7-88)128-78/h18,24-82,88-97,103-124H,7-17H2,1-6H3,(H,83,98)(H,84,99)(H,85,100)(H,86,101)(H,87,102)/t18-,24+,25+,26+,27+,28+,29+,30+,31+,32+,33+,34+,35+,36+,37+,38+,39+,40+,41-,42-,43+,44-,45-,46-,47+,48+,49+,50+,51+,52+,53-,54-,55-,56-,57+,58+,59+,60+,61+,62+,63+,64+,65+,66-,67-,68-,69-,70+,71-,72+,73-,74-,75-,76-,77-,78-,79-,80-,81-,82-/m0/s1. The average molecular weight is 2150 g/mol. The Kier molecular flexibility index (Phi) is 43.4. The van der Waals surface area contributed by atoms with Gasteiger partial charge in [0.15, 0.2) is 75.5 Å². The topological polar surface area (TPSA) is 1010 Å². The van der Waals surface area contributed by atoms with E-state index in [-0.39, 0.29) is 0 Å². The van der Waals surface area contributed by atoms with Crippen molar-refractivity contribution in [3.05, 3.63) is 0 Å². The van der Waals surface area contributed by atoms with Gasteiger partial charge in [0, 0.05) is 34.6 Å². The molecule has 0 radical (unpaired) electrons. The normalized spacial score (nSPS) is 49.6. The first-order valence-electron chi connectivity index (χ1n) is 47.0. The molecule has 5 amide bonds. The molecule has 12 saturated heterocycles. The average Bonchev–Trinajstić information content (AvgIpc) is 0.758. The van der Waals surface area contributed by atoms with E-state index in [9.17, 15) is 187 Å². The summed E-state index contributed by atoms with van der Waals surface area (Å²) in [7, 11) is 0. The molecule has 65 nitrogen and oxygen atoms in total. The van der Waals surface area contributed by atoms with Crippen molar-refractivity contribution in [3.8, 4) is 0 Å². The first-order chi connectivity index (χ1) is 69.6. The van der Waals surface area contributed by atoms with Gasteiger partial charge in [0.1, 0.15) is 287 Å². The van der Waals surface area contributed by atoms with Gasteiger partial charge in [-0.3, -0.25) is 24.0 Å². The maximum absolute atomic E-state index is 13.0. The van der Waals surface area contributed by atoms with Crippen molar-refractivity contribution in [2.75, 3.05) is 72.7 Å². The molecule has 0 aliphatic carbocycles. The number of carbonyl (C=O) groups is 5. The molecule has 0 unspecified atom stereocenters. The summed E-state index contributed by atoms with van der Waals surface area (Å²) in [5.74, 6) is -4.70. The number of ether oxygens (including phenoxy) is 23. The lowest BCUT2D eigenvalue weighted by molar-refractivity contribution is -0.392. The minimum atomic E-state index is -2.41. The fraction of sp³-hybridized carbons (Fsp3) is 0.939. The highest BCUT2D eigenvalue weighted by Gasteiger charge is 2.64. The minimum Gasteiger partial charge on any atom is -0.394 e. The molecule has 65 heteroatoms. The van der Waals surface area contributed by atoms with E-state index in [1.165, 1.54) is 6.92 Å². The molecule has 0 bridgehead atoms. The van der Waals surface area contributed by atoms with Gasteiger partial charge in [-0.1, -0.05) is 0 Å². The summed E-state index contributed by atoms with van der Waals surface area (Å²) < 4.78 is 135. The number of aliphatic hydroxyl groups excluding tert-OH is 32. The zero-order valence-corrected chi connectivity index (χ0v) is 79.2. The SMILES string of the molecule is CC(=O)N[C@H]1[C@H](O[C@H]2[C@@H](O)[C@@H](CO)O[C@@H](O[C@H]3[C@H](O)[C@@H](NC(C)=O)[C@H](O[C@H]4[C@@H](O)[C@@H](CO)O[C@@H](O[C@H]5[C@H](O)[C@@H](NC(C)=O)[C@H](OC[C@H]6O[C@H](O)[C@@H](O[C@@H]7O[C@H](CO)[C@@H](O[C@@H]8O[C@H](CO)[C@H](O)[C@H](O[C@@H]9O[C@H](CO)[C@@H](O[C@@H]%10O[C@H](CO)[C@H](O)[C@H](O)[C@H]%10O[C@@H]%10O[C@@H](C)[C@@H](O)[C@@H](O)[C@@H]%10O)[C@H](O)[C@H]9NC(C)=O)[C@H]8O)[C@H](O)[C@H]7NC(C)=O)[C@@H](O)[C@@H]6O)O[C@@H]5CO)[C@@H]4O)O[C@@H]3CO)[C@@H]2O)O[C@H](CO)[C@@H](O[C@@H]2O[C@H](CO)[C@H](O)[C@H](O)[C@H]2O)[C@@H]1O. The smallest absolute Gasteiger partial charge is 0.217 e. The highest BCUT2D eigenvalue weighted by molar-refractivity contribution is 5.75. The van der Waals surface area contributed by atoms with Gasteiger partial charge in [-0.2, -0.15) is 0 Å². The molecule has 12 aliphatic rings. The van der Waals surface area contributed by atoms with Crippen molar-refractivity contribution in [1.29, 1.82) is 0 Å². The maximum atomic E-state index is 13.0. The van der Waals surface area contributed by atoms with E-state index in [2.05, 4.69) is 26.6 Å². The van der Waals surface area contributed by atoms with Crippen molar-refractivity contribution < 1.29 is 296 Å². The first-order valence-corrected chi connectivity index (χ1v) is 47.0. The molecule has 0 spiro atoms. The van der Waals surface area contributed by atoms with Crippen LogP contribution in [0.5, 0.6) is 0 Å². The Morgan fingerprint density at radius 1 is 0.190 bits per heavy atom. The van der Waals surface area contributed by atoms with E-state index in [1.54, 1.807) is 0 Å². The van der Waals surface area contributed by atoms with Gasteiger partial charge in [0.25, 0.3) is 0 Å². The third-order valence-corrected chi connectivity index (χ3v) is 27.1. The molecule has 60 atom stereocenters. The zero-order chi connectivity index (χ0) is 108. The Hall–Kier alpha value is -4.85. The number of rotatable bonds is 38. The molecule has 12 heterocycles. The molecule has 12 fully saturated rings. The van der Waals surface area contributed by atoms with Gasteiger partial charge in [-0.25, -0.2) is 0 Å². The van der Waals surface area contributed by atoms with Gasteiger partial charge < -0.3 is 299 Å². The quantitative estimate of drug-likeness (QED) is 0.0273. The second-order valence-corrected chi connectivity index (χ2v) is 37.3. The first kappa shape index (κ1) is 121. The highest BCUT2D eigenvalue weighted by atomic mass is 16.8. The summed E-state index contributed by atoms with van der Waals surface area (Å²) >= 11 is 0. The lowest BCUT2D eigenvalue weighted by Crippen LogP contribution is -2.71. The minimum absolute atomic E-state index is 0.892. The van der Waals surface area contributed by atoms with E-state index < -0.39 is 470 Å². The summed E-state index contributed by atoms with van der Waals surface area (Å²) in [5.41, 5.74) is 0. The molecule has 0 aromatic heterocycles. The van der Waals surface area contributed by atoms with E-state index in [0.29, 0.717) is 0 Å². The van der Waals surface area contributed by atoms with Crippen LogP contribution in [0, 0.1) is 0 Å². The van der Waals surface area contributed by atoms with Crippen molar-refractivity contribution in [2.45, 2.75) is 410 Å². The van der Waals surface area contributed by atoms with Crippen molar-refractivity contribution in [1.82, 2.24) is 26.6 Å². The van der Waals surface area contributed by atoms with Crippen molar-refractivity contribution >= 4 is 29.5 Å². The summed E-state index contributed by atoms with van der Waals surface area (Å²) in [6.07, 6.45) is -112. The van der Waals surface area contributed by atoms with E-state index in [4.69, 9.17) is 109 Å². The van der Waals surface area contributed by atoms with Crippen LogP contribution in [0.1, 0.15) is 41.5 Å². The van der Waals surface area contributed by atoms with E-state index >= 15 is 0 Å². The largest absolute Gasteiger partial charge is 0.394 e. The molecule has 12 aliphatic heterocycles. The number of aliphatic hydroxyl groups is 32. The van der Waals surface area contributed by atoms with Crippen LogP contribution in [-0.2, 0) is 133 Å². The lowest BCUT2D eigenvalue weighted by atomic mass is 9.93. The number of nitrogens with one attached hydrogen (secondary N) is 5. The second-order valence-electron chi connectivity index (χ2n) is 37.3. The molecule has 0 aromatic carbocycles. The monoisotopic (exact) mass is 2150 g/mol. The number of carbonyl (C=O) groups excluding carboxylic acids is 5. The fourth-order valence-corrected chi connectivity index (χ4v) is 19.3. The van der Waals surface area contributed by atoms with Crippen LogP contribution < -0.4 is 26.6 Å². The molecule has 850 valence electrons. The summed E-state index contributed by atoms with van der Waals surface area (Å²) in [4.78, 5) is 64.6. The highest BCUT2D eigenvalue weighted by Crippen LogP contribution is 2.43. The van der Waals surface area contributed by atoms with Crippen molar-refractivity contribution in [2.24, 2.45) is 0 Å². The summed E-state index contributed by atoms with van der Waals surface area (Å²) in [5, 5.41) is 369. The van der Waals surface area contributed by atoms with Crippen LogP contribution in [0.2, 0.25) is 0 Å². The van der Waals surface area contributed by atoms with Crippen molar-refractivity contribution in [3.63, 3.8) is 0 Å². The Labute approximate surface area is 832 Å². The van der Waals surface area contributed by atoms with Gasteiger partial charge >= 0.3 is 0 Å². The fourth-order valence-electron chi connectivity index (χ4n) is 19.3. The Morgan fingerprint density at radius 3 is 0.701 bits per heavy atom. The molecule has 0 saturated carbocycles. The lowest BCUT2D eigenvalue weighted by Gasteiger charge is -2.51. The molecular formula is C82H137N5O60. The second kappa shape index (κ2) is 52.8. The third kappa shape index (κ3) is 26.7.